The molecule has 2 aliphatic rings. The summed E-state index contributed by atoms with van der Waals surface area (Å²) in [5.41, 5.74) is 4.26. The highest BCUT2D eigenvalue weighted by Crippen LogP contribution is 2.40. The maximum Gasteiger partial charge on any atom is 0.171 e. The summed E-state index contributed by atoms with van der Waals surface area (Å²) in [7, 11) is 2.03. The number of nitrogens with one attached hydrogen (secondary N) is 1. The van der Waals surface area contributed by atoms with Gasteiger partial charge in [0.25, 0.3) is 0 Å². The molecule has 2 aromatic heterocycles. The van der Waals surface area contributed by atoms with Crippen molar-refractivity contribution in [3.05, 3.63) is 65.7 Å². The molecule has 6 heteroatoms. The molecule has 5 nitrogen and oxygen atoms in total. The minimum atomic E-state index is -0.171. The van der Waals surface area contributed by atoms with Gasteiger partial charge in [0.1, 0.15) is 18.5 Å². The zero-order valence-corrected chi connectivity index (χ0v) is 19.0. The van der Waals surface area contributed by atoms with Crippen LogP contribution < -0.4 is 14.8 Å². The first-order valence-corrected chi connectivity index (χ1v) is 11.7. The van der Waals surface area contributed by atoms with Gasteiger partial charge in [-0.2, -0.15) is 0 Å². The Kier molecular flexibility index (Phi) is 4.98. The molecule has 0 bridgehead atoms. The molecular weight excluding hydrogens is 417 g/mol. The topological polar surface area (TPSA) is 48.3 Å². The van der Waals surface area contributed by atoms with Crippen LogP contribution in [0.15, 0.2) is 48.7 Å². The number of pyridine rings is 1. The highest BCUT2D eigenvalue weighted by Gasteiger charge is 2.30. The second-order valence-corrected chi connectivity index (χ2v) is 9.43. The Morgan fingerprint density at radius 1 is 1.12 bits per heavy atom. The van der Waals surface area contributed by atoms with Gasteiger partial charge in [-0.3, -0.25) is 4.98 Å². The lowest BCUT2D eigenvalue weighted by molar-refractivity contribution is 0.0902. The number of aromatic nitrogens is 2. The first-order valence-electron chi connectivity index (χ1n) is 11.7. The largest absolute Gasteiger partial charge is 0.486 e. The highest BCUT2D eigenvalue weighted by molar-refractivity contribution is 5.88. The van der Waals surface area contributed by atoms with Crippen LogP contribution >= 0.6 is 0 Å². The summed E-state index contributed by atoms with van der Waals surface area (Å²) < 4.78 is 28.4. The predicted molar refractivity (Wildman–Crippen MR) is 128 cm³/mol. The number of halogens is 1. The monoisotopic (exact) mass is 445 g/mol. The van der Waals surface area contributed by atoms with Crippen LogP contribution in [-0.4, -0.2) is 34.8 Å². The van der Waals surface area contributed by atoms with Crippen LogP contribution in [0.25, 0.3) is 21.8 Å². The van der Waals surface area contributed by atoms with Crippen LogP contribution in [0.3, 0.4) is 0 Å². The van der Waals surface area contributed by atoms with Crippen molar-refractivity contribution in [2.24, 2.45) is 7.05 Å². The zero-order chi connectivity index (χ0) is 22.5. The third-order valence-electron chi connectivity index (χ3n) is 7.12. The minimum Gasteiger partial charge on any atom is -0.486 e. The van der Waals surface area contributed by atoms with Crippen molar-refractivity contribution < 1.29 is 13.9 Å². The molecule has 0 amide bonds. The van der Waals surface area contributed by atoms with E-state index in [-0.39, 0.29) is 11.9 Å². The first kappa shape index (κ1) is 20.5. The molecule has 2 unspecified atom stereocenters. The highest BCUT2D eigenvalue weighted by atomic mass is 19.1. The molecular formula is C27H28FN3O2. The third-order valence-corrected chi connectivity index (χ3v) is 7.12. The second kappa shape index (κ2) is 8.03. The average molecular weight is 446 g/mol. The van der Waals surface area contributed by atoms with Gasteiger partial charge < -0.3 is 19.4 Å². The number of hydrogen-bond donors (Lipinski definition) is 1. The van der Waals surface area contributed by atoms with Crippen molar-refractivity contribution in [2.45, 2.75) is 44.2 Å². The number of ether oxygens (including phenoxy) is 2. The van der Waals surface area contributed by atoms with Gasteiger partial charge in [0.2, 0.25) is 0 Å². The Hall–Kier alpha value is -3.12. The molecule has 1 aliphatic carbocycles. The van der Waals surface area contributed by atoms with E-state index < -0.39 is 0 Å². The second-order valence-electron chi connectivity index (χ2n) is 9.43. The maximum absolute atomic E-state index is 13.9. The number of aryl methyl sites for hydroxylation is 2. The van der Waals surface area contributed by atoms with E-state index in [1.54, 1.807) is 6.07 Å². The van der Waals surface area contributed by atoms with Gasteiger partial charge in [0.15, 0.2) is 11.5 Å². The van der Waals surface area contributed by atoms with E-state index in [9.17, 15) is 4.39 Å². The first-order chi connectivity index (χ1) is 16.0. The van der Waals surface area contributed by atoms with Crippen LogP contribution in [0, 0.1) is 12.7 Å². The van der Waals surface area contributed by atoms with Crippen molar-refractivity contribution in [1.29, 1.82) is 0 Å². The van der Waals surface area contributed by atoms with Gasteiger partial charge in [-0.15, -0.1) is 0 Å². The van der Waals surface area contributed by atoms with Crippen LogP contribution in [0.5, 0.6) is 11.5 Å². The number of rotatable bonds is 4. The molecule has 6 rings (SSSR count). The molecule has 1 N–H and O–H groups in total. The summed E-state index contributed by atoms with van der Waals surface area (Å²) in [6.45, 7) is 3.26. The zero-order valence-electron chi connectivity index (χ0n) is 19.0. The maximum atomic E-state index is 13.9. The molecule has 3 atom stereocenters. The van der Waals surface area contributed by atoms with Crippen molar-refractivity contribution >= 4 is 21.8 Å². The van der Waals surface area contributed by atoms with Crippen LogP contribution in [0.2, 0.25) is 0 Å². The Morgan fingerprint density at radius 2 is 2.03 bits per heavy atom. The summed E-state index contributed by atoms with van der Waals surface area (Å²) in [6, 6.07) is 13.5. The lowest BCUT2D eigenvalue weighted by atomic mass is 9.97. The molecule has 0 radical (unpaired) electrons. The normalized spacial score (nSPS) is 22.3. The molecule has 1 fully saturated rings. The van der Waals surface area contributed by atoms with Gasteiger partial charge in [-0.1, -0.05) is 0 Å². The van der Waals surface area contributed by atoms with E-state index in [4.69, 9.17) is 9.47 Å². The van der Waals surface area contributed by atoms with Crippen LogP contribution in [-0.2, 0) is 7.05 Å². The molecule has 33 heavy (non-hydrogen) atoms. The Morgan fingerprint density at radius 3 is 2.94 bits per heavy atom. The summed E-state index contributed by atoms with van der Waals surface area (Å²) in [5, 5.41) is 5.74. The van der Waals surface area contributed by atoms with Gasteiger partial charge in [0.05, 0.1) is 5.52 Å². The van der Waals surface area contributed by atoms with Crippen molar-refractivity contribution in [1.82, 2.24) is 14.9 Å². The average Bonchev–Trinajstić information content (AvgIpc) is 3.41. The Balaban J connectivity index is 1.13. The van der Waals surface area contributed by atoms with E-state index in [2.05, 4.69) is 27.1 Å². The fraction of sp³-hybridized carbons (Fsp3) is 0.370. The summed E-state index contributed by atoms with van der Waals surface area (Å²) in [5.74, 6) is 1.85. The molecule has 4 aromatic rings. The standard InChI is InChI=1S/C27H28FN3O2/c1-16-3-7-21-24(30-16)8-10-26-27(21)33-20(15-32-26)13-29-19-6-4-17(11-19)23-14-31(2)25-9-5-18(28)12-22(23)25/h3,5,7-10,12,14,17,19-20,29H,4,6,11,13,15H2,1-2H3/t17?,19?,20-/m0/s1. The van der Waals surface area contributed by atoms with E-state index in [0.717, 1.165) is 64.8 Å². The molecule has 2 aromatic carbocycles. The Labute approximate surface area is 192 Å². The van der Waals surface area contributed by atoms with Gasteiger partial charge >= 0.3 is 0 Å². The number of benzene rings is 2. The third kappa shape index (κ3) is 3.72. The predicted octanol–water partition coefficient (Wildman–Crippen LogP) is 5.24. The van der Waals surface area contributed by atoms with Gasteiger partial charge in [0, 0.05) is 47.8 Å². The molecule has 1 saturated carbocycles. The lowest BCUT2D eigenvalue weighted by Crippen LogP contribution is -2.41. The van der Waals surface area contributed by atoms with Crippen LogP contribution in [0.1, 0.15) is 36.4 Å². The summed E-state index contributed by atoms with van der Waals surface area (Å²) in [6.07, 6.45) is 5.38. The van der Waals surface area contributed by atoms with E-state index in [1.165, 1.54) is 11.6 Å². The van der Waals surface area contributed by atoms with Gasteiger partial charge in [-0.05, 0) is 80.1 Å². The number of hydrogen-bond acceptors (Lipinski definition) is 4. The summed E-state index contributed by atoms with van der Waals surface area (Å²) in [4.78, 5) is 4.61. The SMILES string of the molecule is Cc1ccc2c3c(ccc2n1)OC[C@H](CNC1CCC(c2cn(C)c4ccc(F)cc24)C1)O3. The fourth-order valence-corrected chi connectivity index (χ4v) is 5.45. The lowest BCUT2D eigenvalue weighted by Gasteiger charge is -2.28. The molecule has 0 spiro atoms. The van der Waals surface area contributed by atoms with E-state index in [1.807, 2.05) is 38.2 Å². The van der Waals surface area contributed by atoms with E-state index in [0.29, 0.717) is 18.6 Å². The molecule has 1 aliphatic heterocycles. The minimum absolute atomic E-state index is 0.0462. The molecule has 170 valence electrons. The smallest absolute Gasteiger partial charge is 0.171 e. The number of nitrogens with zero attached hydrogens (tertiary/aromatic N) is 2. The van der Waals surface area contributed by atoms with E-state index >= 15 is 0 Å². The summed E-state index contributed by atoms with van der Waals surface area (Å²) >= 11 is 0. The van der Waals surface area contributed by atoms with Crippen molar-refractivity contribution in [3.63, 3.8) is 0 Å². The molecule has 0 saturated heterocycles. The Bertz CT molecular complexity index is 1350. The van der Waals surface area contributed by atoms with Crippen LogP contribution in [0.4, 0.5) is 4.39 Å². The van der Waals surface area contributed by atoms with Gasteiger partial charge in [-0.25, -0.2) is 4.39 Å². The van der Waals surface area contributed by atoms with Crippen molar-refractivity contribution in [2.75, 3.05) is 13.2 Å². The molecule has 3 heterocycles. The quantitative estimate of drug-likeness (QED) is 0.467. The van der Waals surface area contributed by atoms with Crippen molar-refractivity contribution in [3.8, 4) is 11.5 Å². The fourth-order valence-electron chi connectivity index (χ4n) is 5.45. The number of fused-ring (bicyclic) bond motifs is 4.